The van der Waals surface area contributed by atoms with Crippen LogP contribution in [-0.4, -0.2) is 37.5 Å². The average molecular weight is 162 g/mol. The molecule has 0 aromatic carbocycles. The van der Waals surface area contributed by atoms with Crippen molar-refractivity contribution in [2.45, 2.75) is 18.9 Å². The van der Waals surface area contributed by atoms with E-state index in [1.54, 1.807) is 6.92 Å². The molecular formula is C7H14O4. The van der Waals surface area contributed by atoms with Gasteiger partial charge in [-0.25, -0.2) is 4.79 Å². The van der Waals surface area contributed by atoms with Crippen molar-refractivity contribution in [3.63, 3.8) is 0 Å². The predicted octanol–water partition coefficient (Wildman–Crippen LogP) is 0.513. The number of ether oxygens (including phenoxy) is 2. The summed E-state index contributed by atoms with van der Waals surface area (Å²) in [7, 11) is 2.82. The van der Waals surface area contributed by atoms with Gasteiger partial charge in [0.2, 0.25) is 0 Å². The molecule has 0 amide bonds. The Labute approximate surface area is 66.1 Å². The molecular weight excluding hydrogens is 148 g/mol. The Morgan fingerprint density at radius 3 is 2.18 bits per heavy atom. The lowest BCUT2D eigenvalue weighted by Crippen LogP contribution is -2.44. The van der Waals surface area contributed by atoms with Crippen molar-refractivity contribution >= 4 is 5.97 Å². The van der Waals surface area contributed by atoms with E-state index in [0.29, 0.717) is 6.42 Å². The van der Waals surface area contributed by atoms with Gasteiger partial charge in [-0.3, -0.25) is 0 Å². The number of carbonyl (C=O) groups is 1. The molecule has 0 aliphatic heterocycles. The van der Waals surface area contributed by atoms with Gasteiger partial charge in [-0.1, -0.05) is 6.92 Å². The second kappa shape index (κ2) is 4.31. The van der Waals surface area contributed by atoms with E-state index in [1.165, 1.54) is 14.2 Å². The van der Waals surface area contributed by atoms with Gasteiger partial charge in [-0.2, -0.15) is 0 Å². The molecule has 4 nitrogen and oxygen atoms in total. The summed E-state index contributed by atoms with van der Waals surface area (Å²) < 4.78 is 9.61. The van der Waals surface area contributed by atoms with Crippen LogP contribution in [0.4, 0.5) is 0 Å². The maximum atomic E-state index is 10.7. The molecule has 0 bridgehead atoms. The van der Waals surface area contributed by atoms with Gasteiger partial charge in [0.1, 0.15) is 0 Å². The molecule has 0 saturated heterocycles. The zero-order chi connectivity index (χ0) is 8.91. The van der Waals surface area contributed by atoms with Gasteiger partial charge in [0, 0.05) is 14.2 Å². The minimum absolute atomic E-state index is 0.0787. The standard InChI is InChI=1S/C7H14O4/c1-4-7(11-3,5-10-2)6(8)9/h4-5H2,1-3H3,(H,8,9). The molecule has 4 heteroatoms. The monoisotopic (exact) mass is 162 g/mol. The Hall–Kier alpha value is -0.610. The number of carboxylic acids is 1. The summed E-state index contributed by atoms with van der Waals surface area (Å²) in [5, 5.41) is 8.75. The molecule has 11 heavy (non-hydrogen) atoms. The van der Waals surface area contributed by atoms with E-state index in [-0.39, 0.29) is 6.61 Å². The van der Waals surface area contributed by atoms with Gasteiger partial charge in [-0.05, 0) is 6.42 Å². The normalized spacial score (nSPS) is 15.9. The highest BCUT2D eigenvalue weighted by molar-refractivity contribution is 5.77. The van der Waals surface area contributed by atoms with Crippen LogP contribution in [0.15, 0.2) is 0 Å². The van der Waals surface area contributed by atoms with Crippen LogP contribution in [0.5, 0.6) is 0 Å². The van der Waals surface area contributed by atoms with Crippen LogP contribution < -0.4 is 0 Å². The van der Waals surface area contributed by atoms with E-state index in [2.05, 4.69) is 0 Å². The Kier molecular flexibility index (Phi) is 4.07. The molecule has 1 N–H and O–H groups in total. The van der Waals surface area contributed by atoms with E-state index >= 15 is 0 Å². The lowest BCUT2D eigenvalue weighted by molar-refractivity contribution is -0.169. The van der Waals surface area contributed by atoms with Gasteiger partial charge in [-0.15, -0.1) is 0 Å². The molecule has 0 heterocycles. The highest BCUT2D eigenvalue weighted by Crippen LogP contribution is 2.15. The van der Waals surface area contributed by atoms with Crippen LogP contribution in [-0.2, 0) is 14.3 Å². The molecule has 0 aliphatic carbocycles. The molecule has 66 valence electrons. The van der Waals surface area contributed by atoms with Crippen LogP contribution in [0.25, 0.3) is 0 Å². The van der Waals surface area contributed by atoms with Crippen molar-refractivity contribution in [3.8, 4) is 0 Å². The molecule has 0 aliphatic rings. The Bertz CT molecular complexity index is 128. The van der Waals surface area contributed by atoms with Crippen molar-refractivity contribution in [2.75, 3.05) is 20.8 Å². The van der Waals surface area contributed by atoms with E-state index in [0.717, 1.165) is 0 Å². The van der Waals surface area contributed by atoms with Crippen molar-refractivity contribution < 1.29 is 19.4 Å². The summed E-state index contributed by atoms with van der Waals surface area (Å²) in [6.45, 7) is 1.83. The van der Waals surface area contributed by atoms with Crippen molar-refractivity contribution in [3.05, 3.63) is 0 Å². The third kappa shape index (κ3) is 2.17. The van der Waals surface area contributed by atoms with E-state index in [9.17, 15) is 4.79 Å². The third-order valence-electron chi connectivity index (χ3n) is 1.73. The molecule has 0 aromatic heterocycles. The van der Waals surface area contributed by atoms with E-state index in [4.69, 9.17) is 14.6 Å². The quantitative estimate of drug-likeness (QED) is 0.640. The second-order valence-electron chi connectivity index (χ2n) is 2.29. The number of carboxylic acid groups (broad SMARTS) is 1. The van der Waals surface area contributed by atoms with Gasteiger partial charge < -0.3 is 14.6 Å². The molecule has 0 rings (SSSR count). The summed E-state index contributed by atoms with van der Waals surface area (Å²) in [5.41, 5.74) is -1.17. The SMILES string of the molecule is CCC(COC)(OC)C(=O)O. The Balaban J connectivity index is 4.32. The molecule has 1 unspecified atom stereocenters. The maximum absolute atomic E-state index is 10.7. The zero-order valence-electron chi connectivity index (χ0n) is 7.09. The predicted molar refractivity (Wildman–Crippen MR) is 39.5 cm³/mol. The topological polar surface area (TPSA) is 55.8 Å². The highest BCUT2D eigenvalue weighted by atomic mass is 16.5. The first-order chi connectivity index (χ1) is 5.13. The van der Waals surface area contributed by atoms with Crippen LogP contribution >= 0.6 is 0 Å². The lowest BCUT2D eigenvalue weighted by atomic mass is 10.0. The summed E-state index contributed by atoms with van der Waals surface area (Å²) in [6.07, 6.45) is 0.396. The summed E-state index contributed by atoms with van der Waals surface area (Å²) in [4.78, 5) is 10.7. The van der Waals surface area contributed by atoms with Crippen molar-refractivity contribution in [2.24, 2.45) is 0 Å². The molecule has 0 aromatic rings. The molecule has 0 radical (unpaired) electrons. The first kappa shape index (κ1) is 10.4. The van der Waals surface area contributed by atoms with Crippen LogP contribution in [0, 0.1) is 0 Å². The van der Waals surface area contributed by atoms with Crippen molar-refractivity contribution in [1.82, 2.24) is 0 Å². The number of hydrogen-bond acceptors (Lipinski definition) is 3. The minimum Gasteiger partial charge on any atom is -0.479 e. The lowest BCUT2D eigenvalue weighted by Gasteiger charge is -2.25. The smallest absolute Gasteiger partial charge is 0.338 e. The average Bonchev–Trinajstić information content (AvgIpc) is 2.00. The van der Waals surface area contributed by atoms with Gasteiger partial charge in [0.15, 0.2) is 5.60 Å². The largest absolute Gasteiger partial charge is 0.479 e. The minimum atomic E-state index is -1.17. The van der Waals surface area contributed by atoms with Crippen LogP contribution in [0.3, 0.4) is 0 Å². The van der Waals surface area contributed by atoms with Crippen LogP contribution in [0.1, 0.15) is 13.3 Å². The number of aliphatic carboxylic acids is 1. The van der Waals surface area contributed by atoms with Gasteiger partial charge in [0.05, 0.1) is 6.61 Å². The summed E-state index contributed by atoms with van der Waals surface area (Å²) in [5.74, 6) is -0.982. The molecule has 1 atom stereocenters. The van der Waals surface area contributed by atoms with Gasteiger partial charge in [0.25, 0.3) is 0 Å². The fraction of sp³-hybridized carbons (Fsp3) is 0.857. The first-order valence-electron chi connectivity index (χ1n) is 3.40. The van der Waals surface area contributed by atoms with Crippen molar-refractivity contribution in [1.29, 1.82) is 0 Å². The second-order valence-corrected chi connectivity index (χ2v) is 2.29. The van der Waals surface area contributed by atoms with E-state index in [1.807, 2.05) is 0 Å². The summed E-state index contributed by atoms with van der Waals surface area (Å²) in [6, 6.07) is 0. The fourth-order valence-electron chi connectivity index (χ4n) is 0.839. The summed E-state index contributed by atoms with van der Waals surface area (Å²) >= 11 is 0. The number of rotatable bonds is 5. The third-order valence-corrected chi connectivity index (χ3v) is 1.73. The molecule has 0 fully saturated rings. The first-order valence-corrected chi connectivity index (χ1v) is 3.40. The van der Waals surface area contributed by atoms with Gasteiger partial charge >= 0.3 is 5.97 Å². The maximum Gasteiger partial charge on any atom is 0.338 e. The number of methoxy groups -OCH3 is 2. The van der Waals surface area contributed by atoms with Crippen LogP contribution in [0.2, 0.25) is 0 Å². The Morgan fingerprint density at radius 2 is 2.09 bits per heavy atom. The number of hydrogen-bond donors (Lipinski definition) is 1. The molecule has 0 spiro atoms. The highest BCUT2D eigenvalue weighted by Gasteiger charge is 2.36. The zero-order valence-corrected chi connectivity index (χ0v) is 7.09. The molecule has 0 saturated carbocycles. The van der Waals surface area contributed by atoms with E-state index < -0.39 is 11.6 Å². The fourth-order valence-corrected chi connectivity index (χ4v) is 0.839. The Morgan fingerprint density at radius 1 is 1.55 bits per heavy atom.